The molecule has 1 heteroatoms. The zero-order valence-corrected chi connectivity index (χ0v) is 18.2. The summed E-state index contributed by atoms with van der Waals surface area (Å²) in [5, 5.41) is 9.11. The molecule has 0 radical (unpaired) electrons. The second kappa shape index (κ2) is 10.4. The summed E-state index contributed by atoms with van der Waals surface area (Å²) in [7, 11) is 0. The minimum Gasteiger partial charge on any atom is -0.396 e. The largest absolute Gasteiger partial charge is 0.396 e. The van der Waals surface area contributed by atoms with E-state index >= 15 is 0 Å². The van der Waals surface area contributed by atoms with E-state index in [0.29, 0.717) is 0 Å². The molecule has 0 aliphatic carbocycles. The van der Waals surface area contributed by atoms with E-state index in [2.05, 4.69) is 81.4 Å². The van der Waals surface area contributed by atoms with Gasteiger partial charge in [-0.3, -0.25) is 0 Å². The molecule has 1 N–H and O–H groups in total. The number of aliphatic hydroxyl groups excluding tert-OH is 1. The maximum absolute atomic E-state index is 9.11. The van der Waals surface area contributed by atoms with Crippen molar-refractivity contribution in [2.45, 2.75) is 59.3 Å². The average molecular weight is 387 g/mol. The molecule has 0 aromatic heterocycles. The van der Waals surface area contributed by atoms with Crippen molar-refractivity contribution in [3.8, 4) is 22.3 Å². The summed E-state index contributed by atoms with van der Waals surface area (Å²) in [5.74, 6) is 0. The lowest BCUT2D eigenvalue weighted by atomic mass is 9.90. The average Bonchev–Trinajstić information content (AvgIpc) is 2.78. The van der Waals surface area contributed by atoms with Crippen LogP contribution in [-0.4, -0.2) is 11.7 Å². The number of hydrogen-bond acceptors (Lipinski definition) is 1. The van der Waals surface area contributed by atoms with Gasteiger partial charge in [0.25, 0.3) is 0 Å². The van der Waals surface area contributed by atoms with Crippen LogP contribution in [0.2, 0.25) is 0 Å². The van der Waals surface area contributed by atoms with Gasteiger partial charge in [-0.05, 0) is 76.6 Å². The van der Waals surface area contributed by atoms with Gasteiger partial charge < -0.3 is 5.11 Å². The van der Waals surface area contributed by atoms with Gasteiger partial charge in [0.15, 0.2) is 0 Å². The topological polar surface area (TPSA) is 20.2 Å². The molecule has 0 unspecified atom stereocenters. The Morgan fingerprint density at radius 2 is 1.21 bits per heavy atom. The highest BCUT2D eigenvalue weighted by molar-refractivity contribution is 5.75. The quantitative estimate of drug-likeness (QED) is 0.419. The van der Waals surface area contributed by atoms with Crippen molar-refractivity contribution in [1.82, 2.24) is 0 Å². The lowest BCUT2D eigenvalue weighted by Crippen LogP contribution is -1.95. The van der Waals surface area contributed by atoms with Gasteiger partial charge in [-0.25, -0.2) is 0 Å². The molecule has 29 heavy (non-hydrogen) atoms. The molecule has 3 aromatic rings. The van der Waals surface area contributed by atoms with Crippen molar-refractivity contribution >= 4 is 0 Å². The molecule has 1 nitrogen and oxygen atoms in total. The normalized spacial score (nSPS) is 11.0. The molecule has 0 heterocycles. The minimum atomic E-state index is 0.254. The zero-order chi connectivity index (χ0) is 20.6. The van der Waals surface area contributed by atoms with Crippen molar-refractivity contribution in [2.75, 3.05) is 6.61 Å². The van der Waals surface area contributed by atoms with Gasteiger partial charge in [-0.2, -0.15) is 0 Å². The van der Waals surface area contributed by atoms with Gasteiger partial charge in [0.2, 0.25) is 0 Å². The van der Waals surface area contributed by atoms with E-state index in [4.69, 9.17) is 5.11 Å². The first-order chi connectivity index (χ1) is 14.2. The Morgan fingerprint density at radius 1 is 0.621 bits per heavy atom. The molecular formula is C28H34O. The summed E-state index contributed by atoms with van der Waals surface area (Å²) in [6.07, 6.45) is 6.15. The van der Waals surface area contributed by atoms with Gasteiger partial charge in [0.1, 0.15) is 0 Å². The molecule has 0 atom stereocenters. The number of hydrogen-bond donors (Lipinski definition) is 1. The highest BCUT2D eigenvalue weighted by Gasteiger charge is 2.10. The van der Waals surface area contributed by atoms with E-state index < -0.39 is 0 Å². The first-order valence-electron chi connectivity index (χ1n) is 11.1. The molecule has 3 aromatic carbocycles. The van der Waals surface area contributed by atoms with Crippen LogP contribution in [0.5, 0.6) is 0 Å². The third-order valence-corrected chi connectivity index (χ3v) is 5.77. The number of rotatable bonds is 9. The minimum absolute atomic E-state index is 0.254. The van der Waals surface area contributed by atoms with Crippen LogP contribution >= 0.6 is 0 Å². The summed E-state index contributed by atoms with van der Waals surface area (Å²) in [4.78, 5) is 0. The molecule has 0 aliphatic heterocycles. The second-order valence-electron chi connectivity index (χ2n) is 7.84. The molecular weight excluding hydrogens is 352 g/mol. The van der Waals surface area contributed by atoms with E-state index in [1.165, 1.54) is 50.9 Å². The van der Waals surface area contributed by atoms with Crippen LogP contribution in [0, 0.1) is 0 Å². The Morgan fingerprint density at radius 3 is 1.86 bits per heavy atom. The van der Waals surface area contributed by atoms with Crippen LogP contribution in [0.3, 0.4) is 0 Å². The van der Waals surface area contributed by atoms with E-state index in [1.807, 2.05) is 0 Å². The van der Waals surface area contributed by atoms with Crippen molar-refractivity contribution in [3.63, 3.8) is 0 Å². The maximum Gasteiger partial charge on any atom is 0.0434 e. The van der Waals surface area contributed by atoms with Gasteiger partial charge >= 0.3 is 0 Å². The molecule has 152 valence electrons. The van der Waals surface area contributed by atoms with Crippen molar-refractivity contribution in [1.29, 1.82) is 0 Å². The lowest BCUT2D eigenvalue weighted by Gasteiger charge is -2.15. The summed E-state index contributed by atoms with van der Waals surface area (Å²) < 4.78 is 0. The van der Waals surface area contributed by atoms with Crippen LogP contribution < -0.4 is 0 Å². The first kappa shape index (κ1) is 21.3. The van der Waals surface area contributed by atoms with E-state index in [-0.39, 0.29) is 6.61 Å². The summed E-state index contributed by atoms with van der Waals surface area (Å²) in [5.41, 5.74) is 10.8. The van der Waals surface area contributed by atoms with E-state index in [0.717, 1.165) is 32.1 Å². The fourth-order valence-electron chi connectivity index (χ4n) is 4.13. The van der Waals surface area contributed by atoms with Gasteiger partial charge in [-0.15, -0.1) is 0 Å². The van der Waals surface area contributed by atoms with Crippen LogP contribution in [0.4, 0.5) is 0 Å². The molecule has 0 saturated carbocycles. The van der Waals surface area contributed by atoms with Crippen LogP contribution in [0.25, 0.3) is 22.3 Å². The highest BCUT2D eigenvalue weighted by Crippen LogP contribution is 2.32. The zero-order valence-electron chi connectivity index (χ0n) is 18.2. The van der Waals surface area contributed by atoms with Crippen molar-refractivity contribution in [2.24, 2.45) is 0 Å². The first-order valence-corrected chi connectivity index (χ1v) is 11.1. The highest BCUT2D eigenvalue weighted by atomic mass is 16.2. The predicted octanol–water partition coefficient (Wildman–Crippen LogP) is 7.02. The van der Waals surface area contributed by atoms with Gasteiger partial charge in [0, 0.05) is 6.61 Å². The van der Waals surface area contributed by atoms with E-state index in [9.17, 15) is 0 Å². The molecule has 0 aliphatic rings. The Kier molecular flexibility index (Phi) is 7.66. The summed E-state index contributed by atoms with van der Waals surface area (Å²) in [6, 6.07) is 22.8. The van der Waals surface area contributed by atoms with Gasteiger partial charge in [-0.1, -0.05) is 87.9 Å². The molecule has 0 bridgehead atoms. The van der Waals surface area contributed by atoms with Crippen molar-refractivity contribution in [3.05, 3.63) is 82.9 Å². The Labute approximate surface area is 176 Å². The third kappa shape index (κ3) is 5.16. The SMILES string of the molecule is CCCc1ccc(-c2ccc(-c3ccc(CCCO)cc3CC)cc2CC)cc1. The molecule has 0 saturated heterocycles. The number of aryl methyl sites for hydroxylation is 4. The van der Waals surface area contributed by atoms with Gasteiger partial charge in [0.05, 0.1) is 0 Å². The third-order valence-electron chi connectivity index (χ3n) is 5.77. The Bertz CT molecular complexity index is 922. The maximum atomic E-state index is 9.11. The number of benzene rings is 3. The fourth-order valence-corrected chi connectivity index (χ4v) is 4.13. The van der Waals surface area contributed by atoms with Crippen LogP contribution in [-0.2, 0) is 25.7 Å². The molecule has 0 fully saturated rings. The second-order valence-corrected chi connectivity index (χ2v) is 7.84. The molecule has 0 amide bonds. The van der Waals surface area contributed by atoms with Crippen LogP contribution in [0.1, 0.15) is 55.9 Å². The monoisotopic (exact) mass is 386 g/mol. The molecule has 3 rings (SSSR count). The van der Waals surface area contributed by atoms with E-state index in [1.54, 1.807) is 0 Å². The smallest absolute Gasteiger partial charge is 0.0434 e. The predicted molar refractivity (Wildman–Crippen MR) is 125 cm³/mol. The number of aliphatic hydroxyl groups is 1. The standard InChI is InChI=1S/C28H34O/c1-4-8-21-10-13-25(14-11-21)27-17-15-26(20-24(27)6-3)28-16-12-22(9-7-18-29)19-23(28)5-2/h10-17,19-20,29H,4-9,18H2,1-3H3. The molecule has 0 spiro atoms. The van der Waals surface area contributed by atoms with Crippen LogP contribution in [0.15, 0.2) is 60.7 Å². The Hall–Kier alpha value is -2.38. The fraction of sp³-hybridized carbons (Fsp3) is 0.357. The lowest BCUT2D eigenvalue weighted by molar-refractivity contribution is 0.288. The summed E-state index contributed by atoms with van der Waals surface area (Å²) >= 11 is 0. The summed E-state index contributed by atoms with van der Waals surface area (Å²) in [6.45, 7) is 6.95. The van der Waals surface area contributed by atoms with Crippen molar-refractivity contribution < 1.29 is 5.11 Å². The Balaban J connectivity index is 1.94.